The summed E-state index contributed by atoms with van der Waals surface area (Å²) in [5.74, 6) is 0.188. The summed E-state index contributed by atoms with van der Waals surface area (Å²) >= 11 is 0. The molecular weight excluding hydrogens is 260 g/mol. The van der Waals surface area contributed by atoms with Crippen LogP contribution in [0.2, 0.25) is 0 Å². The van der Waals surface area contributed by atoms with Crippen LogP contribution in [-0.4, -0.2) is 30.0 Å². The first-order valence-corrected chi connectivity index (χ1v) is 8.49. The molecular formula is C14H26N2O2S. The summed E-state index contributed by atoms with van der Waals surface area (Å²) in [6.45, 7) is 9.74. The van der Waals surface area contributed by atoms with Crippen LogP contribution in [0.4, 0.5) is 0 Å². The van der Waals surface area contributed by atoms with Crippen LogP contribution in [0.3, 0.4) is 0 Å². The van der Waals surface area contributed by atoms with E-state index in [1.54, 1.807) is 20.8 Å². The zero-order valence-electron chi connectivity index (χ0n) is 12.4. The van der Waals surface area contributed by atoms with E-state index in [0.717, 1.165) is 19.5 Å². The van der Waals surface area contributed by atoms with Gasteiger partial charge in [-0.3, -0.25) is 0 Å². The fourth-order valence-corrected chi connectivity index (χ4v) is 2.74. The molecule has 0 bridgehead atoms. The van der Waals surface area contributed by atoms with Crippen LogP contribution >= 0.6 is 0 Å². The van der Waals surface area contributed by atoms with E-state index in [4.69, 9.17) is 0 Å². The molecule has 19 heavy (non-hydrogen) atoms. The third-order valence-electron chi connectivity index (χ3n) is 3.12. The van der Waals surface area contributed by atoms with E-state index >= 15 is 0 Å². The van der Waals surface area contributed by atoms with Crippen molar-refractivity contribution in [1.29, 1.82) is 0 Å². The highest BCUT2D eigenvalue weighted by Crippen LogP contribution is 2.16. The molecule has 0 unspecified atom stereocenters. The number of hydrogen-bond donors (Lipinski definition) is 1. The second-order valence-corrected chi connectivity index (χ2v) is 8.73. The van der Waals surface area contributed by atoms with Gasteiger partial charge < -0.3 is 9.88 Å². The van der Waals surface area contributed by atoms with Crippen molar-refractivity contribution < 1.29 is 8.42 Å². The second kappa shape index (κ2) is 6.57. The van der Waals surface area contributed by atoms with Crippen molar-refractivity contribution in [2.24, 2.45) is 0 Å². The predicted molar refractivity (Wildman–Crippen MR) is 80.0 cm³/mol. The van der Waals surface area contributed by atoms with Crippen LogP contribution in [0.5, 0.6) is 0 Å². The monoisotopic (exact) mass is 286 g/mol. The van der Waals surface area contributed by atoms with E-state index < -0.39 is 14.6 Å². The van der Waals surface area contributed by atoms with E-state index in [0.29, 0.717) is 6.54 Å². The van der Waals surface area contributed by atoms with Gasteiger partial charge in [-0.2, -0.15) is 0 Å². The van der Waals surface area contributed by atoms with Crippen LogP contribution in [0, 0.1) is 0 Å². The first kappa shape index (κ1) is 16.2. The zero-order chi connectivity index (χ0) is 14.5. The molecule has 1 aromatic heterocycles. The maximum absolute atomic E-state index is 12.0. The third-order valence-corrected chi connectivity index (χ3v) is 5.70. The number of sulfone groups is 1. The molecule has 4 nitrogen and oxygen atoms in total. The Bertz CT molecular complexity index is 484. The number of rotatable bonds is 7. The van der Waals surface area contributed by atoms with Gasteiger partial charge in [-0.05, 0) is 45.4 Å². The molecule has 1 heterocycles. The van der Waals surface area contributed by atoms with Gasteiger partial charge in [0.15, 0.2) is 9.84 Å². The van der Waals surface area contributed by atoms with Crippen LogP contribution in [-0.2, 0) is 22.9 Å². The molecule has 1 N–H and O–H groups in total. The number of nitrogens with zero attached hydrogens (tertiary/aromatic N) is 1. The van der Waals surface area contributed by atoms with Crippen molar-refractivity contribution in [1.82, 2.24) is 9.88 Å². The Morgan fingerprint density at radius 1 is 1.32 bits per heavy atom. The minimum absolute atomic E-state index is 0.188. The number of aryl methyl sites for hydroxylation is 1. The fourth-order valence-electron chi connectivity index (χ4n) is 1.68. The summed E-state index contributed by atoms with van der Waals surface area (Å²) in [6.07, 6.45) is 5.08. The Morgan fingerprint density at radius 3 is 2.58 bits per heavy atom. The minimum Gasteiger partial charge on any atom is -0.353 e. The van der Waals surface area contributed by atoms with E-state index in [2.05, 4.69) is 12.2 Å². The van der Waals surface area contributed by atoms with Crippen LogP contribution in [0.25, 0.3) is 0 Å². The van der Waals surface area contributed by atoms with Crippen molar-refractivity contribution >= 4 is 9.84 Å². The summed E-state index contributed by atoms with van der Waals surface area (Å²) in [5.41, 5.74) is 1.20. The largest absolute Gasteiger partial charge is 0.353 e. The van der Waals surface area contributed by atoms with Gasteiger partial charge in [-0.25, -0.2) is 8.42 Å². The van der Waals surface area contributed by atoms with Gasteiger partial charge >= 0.3 is 0 Å². The lowest BCUT2D eigenvalue weighted by Gasteiger charge is -2.19. The lowest BCUT2D eigenvalue weighted by molar-refractivity contribution is 0.554. The molecule has 0 atom stereocenters. The Labute approximate surface area is 117 Å². The molecule has 1 aromatic rings. The highest BCUT2D eigenvalue weighted by molar-refractivity contribution is 7.92. The van der Waals surface area contributed by atoms with Crippen molar-refractivity contribution in [2.75, 3.05) is 12.3 Å². The first-order chi connectivity index (χ1) is 8.76. The van der Waals surface area contributed by atoms with Crippen molar-refractivity contribution in [3.8, 4) is 0 Å². The maximum Gasteiger partial charge on any atom is 0.156 e. The van der Waals surface area contributed by atoms with Gasteiger partial charge in [0.25, 0.3) is 0 Å². The average molecular weight is 286 g/mol. The SMILES string of the molecule is CCCNCc1ccn(CCS(=O)(=O)C(C)(C)C)c1. The Balaban J connectivity index is 2.51. The van der Waals surface area contributed by atoms with Crippen molar-refractivity contribution in [3.05, 3.63) is 24.0 Å². The summed E-state index contributed by atoms with van der Waals surface area (Å²) in [7, 11) is -3.04. The van der Waals surface area contributed by atoms with Crippen molar-refractivity contribution in [2.45, 2.75) is 52.0 Å². The van der Waals surface area contributed by atoms with Gasteiger partial charge in [0, 0.05) is 25.5 Å². The Hall–Kier alpha value is -0.810. The number of nitrogens with one attached hydrogen (secondary N) is 1. The maximum atomic E-state index is 12.0. The molecule has 0 aromatic carbocycles. The van der Waals surface area contributed by atoms with Crippen LogP contribution < -0.4 is 5.32 Å². The van der Waals surface area contributed by atoms with Gasteiger partial charge in [-0.15, -0.1) is 0 Å². The van der Waals surface area contributed by atoms with Crippen LogP contribution in [0.15, 0.2) is 18.5 Å². The third kappa shape index (κ3) is 4.99. The molecule has 0 aliphatic carbocycles. The molecule has 0 saturated carbocycles. The molecule has 5 heteroatoms. The highest BCUT2D eigenvalue weighted by atomic mass is 32.2. The summed E-state index contributed by atoms with van der Waals surface area (Å²) < 4.78 is 25.3. The van der Waals surface area contributed by atoms with E-state index in [9.17, 15) is 8.42 Å². The quantitative estimate of drug-likeness (QED) is 0.782. The van der Waals surface area contributed by atoms with Crippen LogP contribution in [0.1, 0.15) is 39.7 Å². The molecule has 0 saturated heterocycles. The molecule has 0 spiro atoms. The molecule has 110 valence electrons. The molecule has 0 radical (unpaired) electrons. The summed E-state index contributed by atoms with van der Waals surface area (Å²) in [4.78, 5) is 0. The summed E-state index contributed by atoms with van der Waals surface area (Å²) in [6, 6.07) is 2.03. The molecule has 1 rings (SSSR count). The van der Waals surface area contributed by atoms with E-state index in [1.165, 1.54) is 5.56 Å². The highest BCUT2D eigenvalue weighted by Gasteiger charge is 2.28. The van der Waals surface area contributed by atoms with Crippen molar-refractivity contribution in [3.63, 3.8) is 0 Å². The average Bonchev–Trinajstić information content (AvgIpc) is 2.73. The van der Waals surface area contributed by atoms with Gasteiger partial charge in [0.05, 0.1) is 10.5 Å². The lowest BCUT2D eigenvalue weighted by Crippen LogP contribution is -2.31. The Kier molecular flexibility index (Phi) is 5.62. The normalized spacial score (nSPS) is 12.8. The molecule has 0 amide bonds. The smallest absolute Gasteiger partial charge is 0.156 e. The standard InChI is InChI=1S/C14H26N2O2S/c1-5-7-15-11-13-6-8-16(12-13)9-10-19(17,18)14(2,3)4/h6,8,12,15H,5,7,9-11H2,1-4H3. The van der Waals surface area contributed by atoms with E-state index in [1.807, 2.05) is 23.0 Å². The Morgan fingerprint density at radius 2 is 2.00 bits per heavy atom. The van der Waals surface area contributed by atoms with Gasteiger partial charge in [0.2, 0.25) is 0 Å². The molecule has 0 aliphatic heterocycles. The van der Waals surface area contributed by atoms with Gasteiger partial charge in [0.1, 0.15) is 0 Å². The van der Waals surface area contributed by atoms with E-state index in [-0.39, 0.29) is 5.75 Å². The molecule has 0 fully saturated rings. The lowest BCUT2D eigenvalue weighted by atomic mass is 10.3. The fraction of sp³-hybridized carbons (Fsp3) is 0.714. The number of hydrogen-bond acceptors (Lipinski definition) is 3. The van der Waals surface area contributed by atoms with Gasteiger partial charge in [-0.1, -0.05) is 6.92 Å². The molecule has 0 aliphatic rings. The zero-order valence-corrected chi connectivity index (χ0v) is 13.3. The minimum atomic E-state index is -3.04. The second-order valence-electron chi connectivity index (χ2n) is 5.87. The number of aromatic nitrogens is 1. The first-order valence-electron chi connectivity index (χ1n) is 6.84. The topological polar surface area (TPSA) is 51.1 Å². The predicted octanol–water partition coefficient (Wildman–Crippen LogP) is 2.20. The summed E-state index contributed by atoms with van der Waals surface area (Å²) in [5, 5.41) is 3.33.